The fourth-order valence-electron chi connectivity index (χ4n) is 6.54. The van der Waals surface area contributed by atoms with Crippen LogP contribution in [0.5, 0.6) is 0 Å². The summed E-state index contributed by atoms with van der Waals surface area (Å²) in [5, 5.41) is 2.97. The third kappa shape index (κ3) is 15.3. The van der Waals surface area contributed by atoms with Gasteiger partial charge in [0.25, 0.3) is 0 Å². The van der Waals surface area contributed by atoms with Gasteiger partial charge in [-0.25, -0.2) is 0 Å². The standard InChI is InChI=1S/C39H66/c1-4-6-8-10-12-14-16-18-20-22-24-26-31-37-35(3)34-36-30-28-29-32-38(36)39(37)33-27-25-23-21-19-17-15-13-11-9-7-5-2/h28-30,32,34H,4-27,31,33H2,1-3H3. The molecule has 0 N–H and O–H groups in total. The van der Waals surface area contributed by atoms with Crippen molar-refractivity contribution in [1.29, 1.82) is 0 Å². The highest BCUT2D eigenvalue weighted by Crippen LogP contribution is 2.29. The smallest absolute Gasteiger partial charge is 0.0149 e. The maximum absolute atomic E-state index is 2.46. The topological polar surface area (TPSA) is 0 Å². The molecular formula is C39H66. The molecule has 2 rings (SSSR count). The first-order valence-electron chi connectivity index (χ1n) is 17.8. The molecule has 222 valence electrons. The normalized spacial score (nSPS) is 11.6. The number of hydrogen-bond acceptors (Lipinski definition) is 0. The summed E-state index contributed by atoms with van der Waals surface area (Å²) >= 11 is 0. The van der Waals surface area contributed by atoms with Gasteiger partial charge in [0.1, 0.15) is 0 Å². The number of rotatable bonds is 26. The molecule has 0 radical (unpaired) electrons. The van der Waals surface area contributed by atoms with Gasteiger partial charge in [0, 0.05) is 0 Å². The zero-order valence-corrected chi connectivity index (χ0v) is 26.8. The zero-order chi connectivity index (χ0) is 27.8. The summed E-state index contributed by atoms with van der Waals surface area (Å²) in [4.78, 5) is 0. The molecule has 0 heterocycles. The second-order valence-corrected chi connectivity index (χ2v) is 12.6. The second kappa shape index (κ2) is 23.4. The van der Waals surface area contributed by atoms with Crippen LogP contribution in [0.1, 0.15) is 185 Å². The van der Waals surface area contributed by atoms with Crippen LogP contribution in [-0.4, -0.2) is 0 Å². The van der Waals surface area contributed by atoms with Crippen LogP contribution in [0.15, 0.2) is 30.3 Å². The Morgan fingerprint density at radius 3 is 1.21 bits per heavy atom. The van der Waals surface area contributed by atoms with E-state index >= 15 is 0 Å². The van der Waals surface area contributed by atoms with Crippen molar-refractivity contribution in [3.63, 3.8) is 0 Å². The summed E-state index contributed by atoms with van der Waals surface area (Å²) in [6, 6.07) is 11.6. The van der Waals surface area contributed by atoms with Gasteiger partial charge >= 0.3 is 0 Å². The lowest BCUT2D eigenvalue weighted by Gasteiger charge is -2.17. The molecule has 0 aromatic heterocycles. The number of unbranched alkanes of at least 4 members (excludes halogenated alkanes) is 22. The van der Waals surface area contributed by atoms with Crippen LogP contribution in [0, 0.1) is 6.92 Å². The Labute approximate surface area is 245 Å². The van der Waals surface area contributed by atoms with Gasteiger partial charge in [-0.2, -0.15) is 0 Å². The molecule has 39 heavy (non-hydrogen) atoms. The van der Waals surface area contributed by atoms with E-state index in [2.05, 4.69) is 51.1 Å². The highest BCUT2D eigenvalue weighted by atomic mass is 14.2. The van der Waals surface area contributed by atoms with Crippen molar-refractivity contribution >= 4 is 10.8 Å². The molecule has 0 aliphatic rings. The van der Waals surface area contributed by atoms with Crippen molar-refractivity contribution in [3.05, 3.63) is 47.0 Å². The van der Waals surface area contributed by atoms with Crippen molar-refractivity contribution in [2.75, 3.05) is 0 Å². The Bertz CT molecular complexity index is 831. The molecule has 2 aromatic carbocycles. The minimum atomic E-state index is 1.27. The molecule has 0 saturated carbocycles. The van der Waals surface area contributed by atoms with E-state index in [0.717, 1.165) is 0 Å². The Balaban J connectivity index is 1.67. The highest BCUT2D eigenvalue weighted by Gasteiger charge is 2.11. The summed E-state index contributed by atoms with van der Waals surface area (Å²) in [5.74, 6) is 0. The Morgan fingerprint density at radius 1 is 0.410 bits per heavy atom. The predicted octanol–water partition coefficient (Wildman–Crippen LogP) is 13.6. The number of hydrogen-bond donors (Lipinski definition) is 0. The molecule has 0 amide bonds. The van der Waals surface area contributed by atoms with Crippen LogP contribution < -0.4 is 0 Å². The summed E-state index contributed by atoms with van der Waals surface area (Å²) in [5.41, 5.74) is 4.90. The van der Waals surface area contributed by atoms with Crippen molar-refractivity contribution in [3.8, 4) is 0 Å². The van der Waals surface area contributed by atoms with E-state index in [1.54, 1.807) is 11.1 Å². The van der Waals surface area contributed by atoms with Gasteiger partial charge in [-0.15, -0.1) is 0 Å². The molecular weight excluding hydrogens is 468 g/mol. The number of benzene rings is 2. The zero-order valence-electron chi connectivity index (χ0n) is 26.8. The summed E-state index contributed by atoms with van der Waals surface area (Å²) in [6.45, 7) is 6.98. The third-order valence-electron chi connectivity index (χ3n) is 9.06. The second-order valence-electron chi connectivity index (χ2n) is 12.6. The van der Waals surface area contributed by atoms with Crippen molar-refractivity contribution in [2.45, 2.75) is 188 Å². The molecule has 0 saturated heterocycles. The van der Waals surface area contributed by atoms with E-state index in [9.17, 15) is 0 Å². The lowest BCUT2D eigenvalue weighted by atomic mass is 9.88. The molecule has 0 aliphatic heterocycles. The number of fused-ring (bicyclic) bond motifs is 1. The number of aryl methyl sites for hydroxylation is 2. The quantitative estimate of drug-likeness (QED) is 0.105. The lowest BCUT2D eigenvalue weighted by Crippen LogP contribution is -2.01. The highest BCUT2D eigenvalue weighted by molar-refractivity contribution is 5.87. The molecule has 0 nitrogen and oxygen atoms in total. The van der Waals surface area contributed by atoms with Gasteiger partial charge in [-0.3, -0.25) is 0 Å². The van der Waals surface area contributed by atoms with Gasteiger partial charge < -0.3 is 0 Å². The first-order chi connectivity index (χ1) is 19.3. The molecule has 0 spiro atoms. The van der Waals surface area contributed by atoms with Gasteiger partial charge in [0.2, 0.25) is 0 Å². The Morgan fingerprint density at radius 2 is 0.769 bits per heavy atom. The van der Waals surface area contributed by atoms with E-state index in [0.29, 0.717) is 0 Å². The van der Waals surface area contributed by atoms with Gasteiger partial charge in [0.15, 0.2) is 0 Å². The SMILES string of the molecule is CCCCCCCCCCCCCCc1c(C)cc2ccccc2c1CCCCCCCCCCCCCC. The monoisotopic (exact) mass is 535 g/mol. The first kappa shape index (κ1) is 33.9. The van der Waals surface area contributed by atoms with E-state index in [4.69, 9.17) is 0 Å². The average Bonchev–Trinajstić information content (AvgIpc) is 2.95. The largest absolute Gasteiger partial charge is 0.0654 e. The Hall–Kier alpha value is -1.30. The van der Waals surface area contributed by atoms with E-state index in [1.165, 1.54) is 183 Å². The molecule has 0 atom stereocenters. The summed E-state index contributed by atoms with van der Waals surface area (Å²) in [7, 11) is 0. The van der Waals surface area contributed by atoms with Gasteiger partial charge in [-0.05, 0) is 60.1 Å². The summed E-state index contributed by atoms with van der Waals surface area (Å²) < 4.78 is 0. The fraction of sp³-hybridized carbons (Fsp3) is 0.744. The minimum Gasteiger partial charge on any atom is -0.0654 e. The van der Waals surface area contributed by atoms with Crippen LogP contribution in [0.3, 0.4) is 0 Å². The fourth-order valence-corrected chi connectivity index (χ4v) is 6.54. The van der Waals surface area contributed by atoms with Crippen molar-refractivity contribution in [2.24, 2.45) is 0 Å². The minimum absolute atomic E-state index is 1.27. The Kier molecular flexibility index (Phi) is 20.4. The van der Waals surface area contributed by atoms with E-state index < -0.39 is 0 Å². The summed E-state index contributed by atoms with van der Waals surface area (Å²) in [6.07, 6.45) is 36.9. The molecule has 0 fully saturated rings. The maximum Gasteiger partial charge on any atom is -0.0149 e. The first-order valence-corrected chi connectivity index (χ1v) is 17.8. The van der Waals surface area contributed by atoms with Crippen molar-refractivity contribution < 1.29 is 0 Å². The van der Waals surface area contributed by atoms with Crippen LogP contribution in [0.2, 0.25) is 0 Å². The molecule has 0 heteroatoms. The van der Waals surface area contributed by atoms with E-state index in [1.807, 2.05) is 0 Å². The molecule has 0 aliphatic carbocycles. The lowest BCUT2D eigenvalue weighted by molar-refractivity contribution is 0.542. The molecule has 0 bridgehead atoms. The van der Waals surface area contributed by atoms with Crippen LogP contribution in [-0.2, 0) is 12.8 Å². The van der Waals surface area contributed by atoms with Crippen molar-refractivity contribution in [1.82, 2.24) is 0 Å². The molecule has 2 aromatic rings. The predicted molar refractivity (Wildman–Crippen MR) is 178 cm³/mol. The van der Waals surface area contributed by atoms with Gasteiger partial charge in [-0.1, -0.05) is 185 Å². The third-order valence-corrected chi connectivity index (χ3v) is 9.06. The van der Waals surface area contributed by atoms with Crippen LogP contribution in [0.25, 0.3) is 10.8 Å². The maximum atomic E-state index is 2.46. The van der Waals surface area contributed by atoms with Gasteiger partial charge in [0.05, 0.1) is 0 Å². The van der Waals surface area contributed by atoms with Crippen LogP contribution >= 0.6 is 0 Å². The average molecular weight is 535 g/mol. The molecule has 0 unspecified atom stereocenters. The van der Waals surface area contributed by atoms with E-state index in [-0.39, 0.29) is 0 Å². The van der Waals surface area contributed by atoms with Crippen LogP contribution in [0.4, 0.5) is 0 Å².